The molecule has 6 nitrogen and oxygen atoms in total. The van der Waals surface area contributed by atoms with Crippen molar-refractivity contribution in [2.24, 2.45) is 0 Å². The van der Waals surface area contributed by atoms with E-state index in [1.807, 2.05) is 13.8 Å². The number of hydrogen-bond acceptors (Lipinski definition) is 5. The summed E-state index contributed by atoms with van der Waals surface area (Å²) in [7, 11) is -3.08. The number of hydrogen-bond donors (Lipinski definition) is 1. The first-order chi connectivity index (χ1) is 10.7. The predicted molar refractivity (Wildman–Crippen MR) is 86.5 cm³/mol. The van der Waals surface area contributed by atoms with Crippen molar-refractivity contribution < 1.29 is 17.6 Å². The topological polar surface area (TPSA) is 93.4 Å². The highest BCUT2D eigenvalue weighted by Gasteiger charge is 2.29. The number of carbonyl (C=O) groups is 1. The monoisotopic (exact) mass is 335 g/mol. The van der Waals surface area contributed by atoms with E-state index >= 15 is 0 Å². The van der Waals surface area contributed by atoms with E-state index < -0.39 is 21.8 Å². The van der Waals surface area contributed by atoms with E-state index in [4.69, 9.17) is 4.42 Å². The Bertz CT molecular complexity index is 958. The predicted octanol–water partition coefficient (Wildman–Crippen LogP) is 1.33. The van der Waals surface area contributed by atoms with Crippen molar-refractivity contribution in [3.05, 3.63) is 45.3 Å². The number of benzene rings is 1. The van der Waals surface area contributed by atoms with Gasteiger partial charge in [-0.05, 0) is 43.5 Å². The highest BCUT2D eigenvalue weighted by atomic mass is 32.2. The maximum atomic E-state index is 12.2. The Hall–Kier alpha value is -2.15. The largest absolute Gasteiger partial charge is 0.451 e. The van der Waals surface area contributed by atoms with Crippen LogP contribution in [0.4, 0.5) is 0 Å². The van der Waals surface area contributed by atoms with Crippen LogP contribution >= 0.6 is 0 Å². The summed E-state index contributed by atoms with van der Waals surface area (Å²) in [4.78, 5) is 24.4. The molecule has 1 amide bonds. The Balaban J connectivity index is 1.92. The summed E-state index contributed by atoms with van der Waals surface area (Å²) in [5.41, 5.74) is 1.99. The lowest BCUT2D eigenvalue weighted by molar-refractivity contribution is 0.0913. The third kappa shape index (κ3) is 3.14. The number of nitrogens with one attached hydrogen (secondary N) is 1. The first-order valence-electron chi connectivity index (χ1n) is 7.31. The molecule has 0 saturated carbocycles. The van der Waals surface area contributed by atoms with Gasteiger partial charge in [0.15, 0.2) is 21.0 Å². The molecular weight excluding hydrogens is 318 g/mol. The van der Waals surface area contributed by atoms with Gasteiger partial charge in [0.2, 0.25) is 0 Å². The fraction of sp³-hybridized carbons (Fsp3) is 0.375. The zero-order chi connectivity index (χ0) is 16.8. The van der Waals surface area contributed by atoms with Crippen molar-refractivity contribution in [3.8, 4) is 0 Å². The Morgan fingerprint density at radius 2 is 1.91 bits per heavy atom. The summed E-state index contributed by atoms with van der Waals surface area (Å²) in [5, 5.41) is 3.04. The van der Waals surface area contributed by atoms with E-state index in [9.17, 15) is 18.0 Å². The zero-order valence-electron chi connectivity index (χ0n) is 12.9. The SMILES string of the molecule is Cc1cc2oc(C(=O)NC3CCS(=O)(=O)C3)cc(=O)c2cc1C. The van der Waals surface area contributed by atoms with Crippen molar-refractivity contribution in [3.63, 3.8) is 0 Å². The van der Waals surface area contributed by atoms with Gasteiger partial charge in [0, 0.05) is 12.1 Å². The molecule has 7 heteroatoms. The minimum absolute atomic E-state index is 0.0675. The zero-order valence-corrected chi connectivity index (χ0v) is 13.7. The van der Waals surface area contributed by atoms with Crippen molar-refractivity contribution in [2.75, 3.05) is 11.5 Å². The van der Waals surface area contributed by atoms with Crippen LogP contribution in [0, 0.1) is 13.8 Å². The van der Waals surface area contributed by atoms with Gasteiger partial charge in [0.25, 0.3) is 5.91 Å². The molecular formula is C16H17NO5S. The maximum Gasteiger partial charge on any atom is 0.287 e. The van der Waals surface area contributed by atoms with E-state index in [0.29, 0.717) is 17.4 Å². The van der Waals surface area contributed by atoms with E-state index in [2.05, 4.69) is 5.32 Å². The van der Waals surface area contributed by atoms with Gasteiger partial charge in [-0.3, -0.25) is 9.59 Å². The molecule has 0 radical (unpaired) electrons. The molecule has 0 aliphatic carbocycles. The third-order valence-electron chi connectivity index (χ3n) is 4.13. The normalized spacial score (nSPS) is 19.8. The summed E-state index contributed by atoms with van der Waals surface area (Å²) in [6.07, 6.45) is 0.379. The average Bonchev–Trinajstić information content (AvgIpc) is 2.80. The van der Waals surface area contributed by atoms with E-state index in [1.54, 1.807) is 12.1 Å². The second kappa shape index (κ2) is 5.49. The molecule has 23 heavy (non-hydrogen) atoms. The van der Waals surface area contributed by atoms with Gasteiger partial charge in [-0.2, -0.15) is 0 Å². The highest BCUT2D eigenvalue weighted by Crippen LogP contribution is 2.18. The Kier molecular flexibility index (Phi) is 3.75. The van der Waals surface area contributed by atoms with Crippen molar-refractivity contribution in [2.45, 2.75) is 26.3 Å². The lowest BCUT2D eigenvalue weighted by atomic mass is 10.1. The summed E-state index contributed by atoms with van der Waals surface area (Å²) < 4.78 is 28.4. The number of aryl methyl sites for hydroxylation is 2. The van der Waals surface area contributed by atoms with Gasteiger partial charge in [0.05, 0.1) is 16.9 Å². The number of carbonyl (C=O) groups excluding carboxylic acids is 1. The van der Waals surface area contributed by atoms with Crippen LogP contribution in [0.25, 0.3) is 11.0 Å². The molecule has 1 fully saturated rings. The molecule has 1 aromatic heterocycles. The third-order valence-corrected chi connectivity index (χ3v) is 5.90. The number of rotatable bonds is 2. The summed E-state index contributed by atoms with van der Waals surface area (Å²) in [6, 6.07) is 4.17. The van der Waals surface area contributed by atoms with Gasteiger partial charge < -0.3 is 9.73 Å². The van der Waals surface area contributed by atoms with Crippen molar-refractivity contribution >= 4 is 26.7 Å². The van der Waals surface area contributed by atoms with Crippen LogP contribution in [0.2, 0.25) is 0 Å². The minimum atomic E-state index is -3.08. The standard InChI is InChI=1S/C16H17NO5S/c1-9-5-12-13(18)7-15(22-14(12)6-10(9)2)16(19)17-11-3-4-23(20,21)8-11/h5-7,11H,3-4,8H2,1-2H3,(H,17,19). The molecule has 1 saturated heterocycles. The minimum Gasteiger partial charge on any atom is -0.451 e. The highest BCUT2D eigenvalue weighted by molar-refractivity contribution is 7.91. The molecule has 1 aromatic carbocycles. The first-order valence-corrected chi connectivity index (χ1v) is 9.14. The molecule has 2 aromatic rings. The smallest absolute Gasteiger partial charge is 0.287 e. The van der Waals surface area contributed by atoms with E-state index in [-0.39, 0.29) is 22.7 Å². The quantitative estimate of drug-likeness (QED) is 0.893. The van der Waals surface area contributed by atoms with Crippen LogP contribution in [-0.4, -0.2) is 31.9 Å². The lowest BCUT2D eigenvalue weighted by Crippen LogP contribution is -2.35. The fourth-order valence-corrected chi connectivity index (χ4v) is 4.36. The summed E-state index contributed by atoms with van der Waals surface area (Å²) in [5.74, 6) is -0.674. The van der Waals surface area contributed by atoms with Crippen molar-refractivity contribution in [1.82, 2.24) is 5.32 Å². The number of sulfone groups is 1. The second-order valence-electron chi connectivity index (χ2n) is 5.98. The van der Waals surface area contributed by atoms with Gasteiger partial charge in [-0.15, -0.1) is 0 Å². The van der Waals surface area contributed by atoms with Crippen LogP contribution in [0.1, 0.15) is 28.1 Å². The molecule has 2 heterocycles. The molecule has 3 rings (SSSR count). The van der Waals surface area contributed by atoms with E-state index in [0.717, 1.165) is 17.2 Å². The van der Waals surface area contributed by atoms with Crippen molar-refractivity contribution in [1.29, 1.82) is 0 Å². The Morgan fingerprint density at radius 3 is 2.57 bits per heavy atom. The first kappa shape index (κ1) is 15.7. The molecule has 0 bridgehead atoms. The molecule has 1 aliphatic rings. The Morgan fingerprint density at radius 1 is 1.22 bits per heavy atom. The molecule has 1 atom stereocenters. The summed E-state index contributed by atoms with van der Waals surface area (Å²) >= 11 is 0. The van der Waals surface area contributed by atoms with Gasteiger partial charge in [-0.25, -0.2) is 8.42 Å². The Labute approximate surface area is 133 Å². The summed E-state index contributed by atoms with van der Waals surface area (Å²) in [6.45, 7) is 3.79. The second-order valence-corrected chi connectivity index (χ2v) is 8.21. The molecule has 1 N–H and O–H groups in total. The number of amides is 1. The van der Waals surface area contributed by atoms with Gasteiger partial charge >= 0.3 is 0 Å². The van der Waals surface area contributed by atoms with Gasteiger partial charge in [0.1, 0.15) is 5.58 Å². The maximum absolute atomic E-state index is 12.2. The molecule has 0 spiro atoms. The van der Waals surface area contributed by atoms with Crippen LogP contribution in [0.5, 0.6) is 0 Å². The molecule has 1 unspecified atom stereocenters. The average molecular weight is 335 g/mol. The van der Waals surface area contributed by atoms with Crippen LogP contribution in [0.3, 0.4) is 0 Å². The van der Waals surface area contributed by atoms with Crippen LogP contribution in [-0.2, 0) is 9.84 Å². The number of fused-ring (bicyclic) bond motifs is 1. The lowest BCUT2D eigenvalue weighted by Gasteiger charge is -2.10. The van der Waals surface area contributed by atoms with E-state index in [1.165, 1.54) is 0 Å². The molecule has 122 valence electrons. The molecule has 1 aliphatic heterocycles. The van der Waals surface area contributed by atoms with Crippen LogP contribution < -0.4 is 10.7 Å². The van der Waals surface area contributed by atoms with Crippen LogP contribution in [0.15, 0.2) is 27.4 Å². The fourth-order valence-electron chi connectivity index (χ4n) is 2.69. The van der Waals surface area contributed by atoms with Gasteiger partial charge in [-0.1, -0.05) is 0 Å².